The number of hydrogen-bond donors (Lipinski definition) is 2. The molecule has 1 aliphatic heterocycles. The van der Waals surface area contributed by atoms with E-state index in [1.165, 1.54) is 5.56 Å². The lowest BCUT2D eigenvalue weighted by molar-refractivity contribution is -0.123. The van der Waals surface area contributed by atoms with Crippen molar-refractivity contribution in [2.75, 3.05) is 23.3 Å². The third-order valence-electron chi connectivity index (χ3n) is 4.57. The van der Waals surface area contributed by atoms with Gasteiger partial charge in [0, 0.05) is 16.2 Å². The Morgan fingerprint density at radius 3 is 2.65 bits per heavy atom. The van der Waals surface area contributed by atoms with Gasteiger partial charge >= 0.3 is 0 Å². The molecule has 2 N–H and O–H groups in total. The van der Waals surface area contributed by atoms with Gasteiger partial charge in [0.15, 0.2) is 0 Å². The fraction of sp³-hybridized carbons (Fsp3) is 0.300. The highest BCUT2D eigenvalue weighted by Gasteiger charge is 2.24. The van der Waals surface area contributed by atoms with Gasteiger partial charge in [0.05, 0.1) is 18.8 Å². The van der Waals surface area contributed by atoms with E-state index in [1.807, 2.05) is 30.3 Å². The first kappa shape index (κ1) is 18.5. The Bertz CT molecular complexity index is 809. The predicted molar refractivity (Wildman–Crippen MR) is 107 cm³/mol. The lowest BCUT2D eigenvalue weighted by Crippen LogP contribution is -2.45. The van der Waals surface area contributed by atoms with Crippen LogP contribution in [0.3, 0.4) is 0 Å². The molecule has 0 spiro atoms. The summed E-state index contributed by atoms with van der Waals surface area (Å²) in [6, 6.07) is 15.8. The van der Waals surface area contributed by atoms with Crippen molar-refractivity contribution in [2.45, 2.75) is 25.8 Å². The molecule has 5 nitrogen and oxygen atoms in total. The molecular formula is C20H22BrN3O2. The number of halogens is 1. The van der Waals surface area contributed by atoms with Crippen LogP contribution in [0.15, 0.2) is 53.0 Å². The molecule has 0 fully saturated rings. The van der Waals surface area contributed by atoms with E-state index in [-0.39, 0.29) is 24.9 Å². The summed E-state index contributed by atoms with van der Waals surface area (Å²) in [4.78, 5) is 26.5. The van der Waals surface area contributed by atoms with Crippen LogP contribution in [0.4, 0.5) is 11.4 Å². The lowest BCUT2D eigenvalue weighted by Gasteiger charge is -2.36. The number of carbonyl (C=O) groups excluding carboxylic acids is 2. The van der Waals surface area contributed by atoms with Gasteiger partial charge in [-0.15, -0.1) is 0 Å². The molecule has 2 aromatic carbocycles. The number of fused-ring (bicyclic) bond motifs is 1. The SMILES string of the molecule is C[C@H]1CCc2ccccc2N1CC(=O)NCC(=O)Nc1ccccc1Br. The molecule has 0 saturated carbocycles. The molecule has 1 aliphatic rings. The second-order valence-electron chi connectivity index (χ2n) is 6.45. The van der Waals surface area contributed by atoms with Crippen LogP contribution in [0.5, 0.6) is 0 Å². The van der Waals surface area contributed by atoms with Gasteiger partial charge in [-0.05, 0) is 59.5 Å². The highest BCUT2D eigenvalue weighted by atomic mass is 79.9. The lowest BCUT2D eigenvalue weighted by atomic mass is 9.97. The number of hydrogen-bond acceptors (Lipinski definition) is 3. The quantitative estimate of drug-likeness (QED) is 0.786. The van der Waals surface area contributed by atoms with Crippen LogP contribution in [0.25, 0.3) is 0 Å². The molecule has 6 heteroatoms. The second kappa shape index (κ2) is 8.36. The van der Waals surface area contributed by atoms with Crippen molar-refractivity contribution in [1.82, 2.24) is 5.32 Å². The zero-order valence-corrected chi connectivity index (χ0v) is 16.3. The largest absolute Gasteiger partial charge is 0.359 e. The van der Waals surface area contributed by atoms with Crippen molar-refractivity contribution in [3.05, 3.63) is 58.6 Å². The van der Waals surface area contributed by atoms with Crippen molar-refractivity contribution in [2.24, 2.45) is 0 Å². The second-order valence-corrected chi connectivity index (χ2v) is 7.30. The van der Waals surface area contributed by atoms with E-state index >= 15 is 0 Å². The predicted octanol–water partition coefficient (Wildman–Crippen LogP) is 3.35. The van der Waals surface area contributed by atoms with Crippen molar-refractivity contribution in [3.8, 4) is 0 Å². The zero-order chi connectivity index (χ0) is 18.5. The minimum absolute atomic E-state index is 0.0516. The fourth-order valence-corrected chi connectivity index (χ4v) is 3.53. The van der Waals surface area contributed by atoms with Gasteiger partial charge in [0.25, 0.3) is 0 Å². The molecule has 1 atom stereocenters. The van der Waals surface area contributed by atoms with Gasteiger partial charge in [-0.1, -0.05) is 30.3 Å². The molecule has 26 heavy (non-hydrogen) atoms. The van der Waals surface area contributed by atoms with Crippen LogP contribution < -0.4 is 15.5 Å². The summed E-state index contributed by atoms with van der Waals surface area (Å²) in [5.74, 6) is -0.409. The number of nitrogens with one attached hydrogen (secondary N) is 2. The normalized spacial score (nSPS) is 15.9. The summed E-state index contributed by atoms with van der Waals surface area (Å²) in [5.41, 5.74) is 3.06. The minimum atomic E-state index is -0.252. The standard InChI is InChI=1S/C20H22BrN3O2/c1-14-10-11-15-6-2-5-9-18(15)24(14)13-20(26)22-12-19(25)23-17-8-4-3-7-16(17)21/h2-9,14H,10-13H2,1H3,(H,22,26)(H,23,25)/t14-/m0/s1. The molecular weight excluding hydrogens is 394 g/mol. The summed E-state index contributed by atoms with van der Waals surface area (Å²) in [6.07, 6.45) is 2.05. The van der Waals surface area contributed by atoms with E-state index in [1.54, 1.807) is 6.07 Å². The van der Waals surface area contributed by atoms with Crippen molar-refractivity contribution in [3.63, 3.8) is 0 Å². The molecule has 0 radical (unpaired) electrons. The van der Waals surface area contributed by atoms with Crippen LogP contribution in [0.2, 0.25) is 0 Å². The van der Waals surface area contributed by atoms with Gasteiger partial charge in [0.2, 0.25) is 11.8 Å². The Morgan fingerprint density at radius 2 is 1.85 bits per heavy atom. The van der Waals surface area contributed by atoms with E-state index in [4.69, 9.17) is 0 Å². The van der Waals surface area contributed by atoms with Crippen molar-refractivity contribution < 1.29 is 9.59 Å². The van der Waals surface area contributed by atoms with Crippen LogP contribution in [-0.4, -0.2) is 30.9 Å². The molecule has 136 valence electrons. The number of nitrogens with zero attached hydrogens (tertiary/aromatic N) is 1. The number of para-hydroxylation sites is 2. The zero-order valence-electron chi connectivity index (χ0n) is 14.7. The van der Waals surface area contributed by atoms with E-state index < -0.39 is 0 Å². The monoisotopic (exact) mass is 415 g/mol. The number of benzene rings is 2. The summed E-state index contributed by atoms with van der Waals surface area (Å²) in [5, 5.41) is 5.49. The number of anilines is 2. The minimum Gasteiger partial charge on any atom is -0.359 e. The third kappa shape index (κ3) is 4.43. The molecule has 1 heterocycles. The highest BCUT2D eigenvalue weighted by molar-refractivity contribution is 9.10. The summed E-state index contributed by atoms with van der Waals surface area (Å²) in [7, 11) is 0. The van der Waals surface area contributed by atoms with Crippen molar-refractivity contribution >= 4 is 39.1 Å². The van der Waals surface area contributed by atoms with Crippen LogP contribution in [-0.2, 0) is 16.0 Å². The van der Waals surface area contributed by atoms with E-state index in [2.05, 4.69) is 50.5 Å². The van der Waals surface area contributed by atoms with Gasteiger partial charge in [-0.25, -0.2) is 0 Å². The maximum atomic E-state index is 12.3. The van der Waals surface area contributed by atoms with Crippen molar-refractivity contribution in [1.29, 1.82) is 0 Å². The Balaban J connectivity index is 1.54. The first-order valence-corrected chi connectivity index (χ1v) is 9.49. The Labute approximate surface area is 161 Å². The molecule has 2 amide bonds. The number of rotatable bonds is 5. The third-order valence-corrected chi connectivity index (χ3v) is 5.26. The number of amides is 2. The first-order chi connectivity index (χ1) is 12.5. The summed E-state index contributed by atoms with van der Waals surface area (Å²) >= 11 is 3.38. The maximum Gasteiger partial charge on any atom is 0.243 e. The van der Waals surface area contributed by atoms with Gasteiger partial charge in [-0.2, -0.15) is 0 Å². The average molecular weight is 416 g/mol. The molecule has 0 aromatic heterocycles. The highest BCUT2D eigenvalue weighted by Crippen LogP contribution is 2.29. The molecule has 3 rings (SSSR count). The topological polar surface area (TPSA) is 61.4 Å². The smallest absolute Gasteiger partial charge is 0.243 e. The Kier molecular flexibility index (Phi) is 5.93. The number of carbonyl (C=O) groups is 2. The van der Waals surface area contributed by atoms with E-state index in [0.717, 1.165) is 23.0 Å². The molecule has 0 bridgehead atoms. The Morgan fingerprint density at radius 1 is 1.12 bits per heavy atom. The Hall–Kier alpha value is -2.34. The van der Waals surface area contributed by atoms with Crippen LogP contribution in [0, 0.1) is 0 Å². The van der Waals surface area contributed by atoms with Crippen LogP contribution >= 0.6 is 15.9 Å². The fourth-order valence-electron chi connectivity index (χ4n) is 3.15. The number of aryl methyl sites for hydroxylation is 1. The van der Waals surface area contributed by atoms with E-state index in [0.29, 0.717) is 11.7 Å². The van der Waals surface area contributed by atoms with Gasteiger partial charge in [-0.3, -0.25) is 9.59 Å². The molecule has 0 saturated heterocycles. The first-order valence-electron chi connectivity index (χ1n) is 8.70. The molecule has 0 unspecified atom stereocenters. The van der Waals surface area contributed by atoms with E-state index in [9.17, 15) is 9.59 Å². The molecule has 0 aliphatic carbocycles. The maximum absolute atomic E-state index is 12.3. The molecule has 2 aromatic rings. The van der Waals surface area contributed by atoms with Crippen LogP contribution in [0.1, 0.15) is 18.9 Å². The average Bonchev–Trinajstić information content (AvgIpc) is 2.64. The van der Waals surface area contributed by atoms with Gasteiger partial charge < -0.3 is 15.5 Å². The summed E-state index contributed by atoms with van der Waals surface area (Å²) < 4.78 is 0.804. The van der Waals surface area contributed by atoms with Gasteiger partial charge in [0.1, 0.15) is 0 Å². The summed E-state index contributed by atoms with van der Waals surface area (Å²) in [6.45, 7) is 2.33.